The van der Waals surface area contributed by atoms with E-state index in [1.807, 2.05) is 12.1 Å². The van der Waals surface area contributed by atoms with Crippen LogP contribution < -0.4 is 16.0 Å². The number of hydrogen-bond donors (Lipinski definition) is 2. The summed E-state index contributed by atoms with van der Waals surface area (Å²) in [7, 11) is 0. The molecule has 1 aromatic carbocycles. The number of nitrogens with one attached hydrogen (secondary N) is 1. The van der Waals surface area contributed by atoms with Gasteiger partial charge in [-0.3, -0.25) is 4.79 Å². The van der Waals surface area contributed by atoms with E-state index < -0.39 is 5.91 Å². The van der Waals surface area contributed by atoms with Crippen molar-refractivity contribution in [3.8, 4) is 0 Å². The van der Waals surface area contributed by atoms with Gasteiger partial charge in [-0.15, -0.1) is 0 Å². The number of rotatable bonds is 5. The molecule has 0 saturated carbocycles. The summed E-state index contributed by atoms with van der Waals surface area (Å²) < 4.78 is 0. The molecular formula is C15H22ClN3O. The van der Waals surface area contributed by atoms with Crippen LogP contribution in [0.15, 0.2) is 18.2 Å². The molecule has 1 aliphatic heterocycles. The van der Waals surface area contributed by atoms with E-state index in [0.717, 1.165) is 31.9 Å². The zero-order valence-corrected chi connectivity index (χ0v) is 12.6. The number of carbonyl (C=O) groups is 1. The van der Waals surface area contributed by atoms with Crippen LogP contribution in [0.2, 0.25) is 5.02 Å². The van der Waals surface area contributed by atoms with Crippen molar-refractivity contribution in [2.24, 2.45) is 11.7 Å². The van der Waals surface area contributed by atoms with Gasteiger partial charge in [-0.1, -0.05) is 11.6 Å². The van der Waals surface area contributed by atoms with E-state index in [2.05, 4.69) is 17.1 Å². The van der Waals surface area contributed by atoms with Gasteiger partial charge in [0.1, 0.15) is 0 Å². The lowest BCUT2D eigenvalue weighted by Crippen LogP contribution is -2.39. The second-order valence-corrected chi connectivity index (χ2v) is 5.71. The normalized spacial score (nSPS) is 18.8. The number of halogens is 1. The van der Waals surface area contributed by atoms with Crippen LogP contribution in [0.4, 0.5) is 5.69 Å². The summed E-state index contributed by atoms with van der Waals surface area (Å²) in [5.74, 6) is 0.183. The van der Waals surface area contributed by atoms with Crippen molar-refractivity contribution in [1.29, 1.82) is 0 Å². The van der Waals surface area contributed by atoms with Crippen LogP contribution in [-0.2, 0) is 0 Å². The van der Waals surface area contributed by atoms with E-state index in [1.54, 1.807) is 6.07 Å². The third-order valence-corrected chi connectivity index (χ3v) is 4.06. The number of primary amides is 1. The summed E-state index contributed by atoms with van der Waals surface area (Å²) in [4.78, 5) is 13.8. The second-order valence-electron chi connectivity index (χ2n) is 5.28. The van der Waals surface area contributed by atoms with Gasteiger partial charge in [-0.2, -0.15) is 0 Å². The second kappa shape index (κ2) is 6.95. The molecule has 4 nitrogen and oxygen atoms in total. The predicted octanol–water partition coefficient (Wildman–Crippen LogP) is 2.26. The molecule has 1 heterocycles. The van der Waals surface area contributed by atoms with Crippen LogP contribution in [0.1, 0.15) is 30.1 Å². The molecule has 0 bridgehead atoms. The third-order valence-electron chi connectivity index (χ3n) is 3.82. The van der Waals surface area contributed by atoms with Gasteiger partial charge in [-0.25, -0.2) is 0 Å². The van der Waals surface area contributed by atoms with E-state index in [4.69, 9.17) is 17.3 Å². The third kappa shape index (κ3) is 3.64. The standard InChI is InChI=1S/C15H22ClN3O/c1-2-19(10-11-4-3-7-18-9-11)14-6-5-12(16)8-13(14)15(17)20/h5-6,8,11,18H,2-4,7,9-10H2,1H3,(H2,17,20). The molecule has 1 amide bonds. The minimum Gasteiger partial charge on any atom is -0.371 e. The molecule has 1 aromatic rings. The summed E-state index contributed by atoms with van der Waals surface area (Å²) in [5, 5.41) is 3.96. The molecule has 20 heavy (non-hydrogen) atoms. The minimum atomic E-state index is -0.428. The number of piperidine rings is 1. The molecule has 5 heteroatoms. The van der Waals surface area contributed by atoms with Gasteiger partial charge in [0.25, 0.3) is 5.91 Å². The Morgan fingerprint density at radius 3 is 2.95 bits per heavy atom. The molecule has 1 unspecified atom stereocenters. The van der Waals surface area contributed by atoms with Crippen molar-refractivity contribution in [2.45, 2.75) is 19.8 Å². The Morgan fingerprint density at radius 1 is 1.55 bits per heavy atom. The van der Waals surface area contributed by atoms with Gasteiger partial charge in [-0.05, 0) is 57.0 Å². The van der Waals surface area contributed by atoms with Crippen molar-refractivity contribution < 1.29 is 4.79 Å². The first-order chi connectivity index (χ1) is 9.61. The molecule has 1 aliphatic rings. The van der Waals surface area contributed by atoms with Gasteiger partial charge >= 0.3 is 0 Å². The molecule has 0 aromatic heterocycles. The molecule has 1 fully saturated rings. The van der Waals surface area contributed by atoms with E-state index >= 15 is 0 Å². The molecule has 1 atom stereocenters. The van der Waals surface area contributed by atoms with Gasteiger partial charge in [0.2, 0.25) is 0 Å². The minimum absolute atomic E-state index is 0.428. The lowest BCUT2D eigenvalue weighted by atomic mass is 9.98. The Balaban J connectivity index is 2.19. The Bertz CT molecular complexity index is 472. The van der Waals surface area contributed by atoms with E-state index in [1.165, 1.54) is 12.8 Å². The number of benzene rings is 1. The number of nitrogens with two attached hydrogens (primary N) is 1. The van der Waals surface area contributed by atoms with Crippen LogP contribution in [0.3, 0.4) is 0 Å². The Kier molecular flexibility index (Phi) is 5.26. The average Bonchev–Trinajstić information content (AvgIpc) is 2.46. The van der Waals surface area contributed by atoms with Gasteiger partial charge < -0.3 is 16.0 Å². The van der Waals surface area contributed by atoms with E-state index in [0.29, 0.717) is 16.5 Å². The summed E-state index contributed by atoms with van der Waals surface area (Å²) in [5.41, 5.74) is 6.86. The largest absolute Gasteiger partial charge is 0.371 e. The molecule has 3 N–H and O–H groups in total. The quantitative estimate of drug-likeness (QED) is 0.876. The summed E-state index contributed by atoms with van der Waals surface area (Å²) in [6.07, 6.45) is 2.44. The number of nitrogens with zero attached hydrogens (tertiary/aromatic N) is 1. The first kappa shape index (κ1) is 15.1. The summed E-state index contributed by atoms with van der Waals surface area (Å²) in [6, 6.07) is 5.36. The first-order valence-corrected chi connectivity index (χ1v) is 7.54. The summed E-state index contributed by atoms with van der Waals surface area (Å²) in [6.45, 7) is 6.02. The Labute approximate surface area is 125 Å². The predicted molar refractivity (Wildman–Crippen MR) is 83.5 cm³/mol. The van der Waals surface area contributed by atoms with Crippen LogP contribution in [0.25, 0.3) is 0 Å². The summed E-state index contributed by atoms with van der Waals surface area (Å²) >= 11 is 5.96. The topological polar surface area (TPSA) is 58.4 Å². The first-order valence-electron chi connectivity index (χ1n) is 7.16. The molecule has 0 aliphatic carbocycles. The maximum atomic E-state index is 11.6. The van der Waals surface area contributed by atoms with Gasteiger partial charge in [0, 0.05) is 23.8 Å². The van der Waals surface area contributed by atoms with Crippen LogP contribution in [-0.4, -0.2) is 32.1 Å². The number of hydrogen-bond acceptors (Lipinski definition) is 3. The maximum absolute atomic E-state index is 11.6. The monoisotopic (exact) mass is 295 g/mol. The lowest BCUT2D eigenvalue weighted by Gasteiger charge is -2.31. The SMILES string of the molecule is CCN(CC1CCCNC1)c1ccc(Cl)cc1C(N)=O. The smallest absolute Gasteiger partial charge is 0.250 e. The van der Waals surface area contributed by atoms with Crippen LogP contribution in [0, 0.1) is 5.92 Å². The highest BCUT2D eigenvalue weighted by Crippen LogP contribution is 2.25. The highest BCUT2D eigenvalue weighted by atomic mass is 35.5. The maximum Gasteiger partial charge on any atom is 0.250 e. The Hall–Kier alpha value is -1.26. The molecule has 0 radical (unpaired) electrons. The van der Waals surface area contributed by atoms with Crippen LogP contribution in [0.5, 0.6) is 0 Å². The molecule has 110 valence electrons. The fraction of sp³-hybridized carbons (Fsp3) is 0.533. The molecular weight excluding hydrogens is 274 g/mol. The average molecular weight is 296 g/mol. The van der Waals surface area contributed by atoms with Gasteiger partial charge in [0.05, 0.1) is 5.56 Å². The number of anilines is 1. The molecule has 2 rings (SSSR count). The highest BCUT2D eigenvalue weighted by molar-refractivity contribution is 6.31. The zero-order valence-electron chi connectivity index (χ0n) is 11.9. The number of carbonyl (C=O) groups excluding carboxylic acids is 1. The van der Waals surface area contributed by atoms with Crippen molar-refractivity contribution in [1.82, 2.24) is 5.32 Å². The van der Waals surface area contributed by atoms with E-state index in [-0.39, 0.29) is 0 Å². The van der Waals surface area contributed by atoms with Gasteiger partial charge in [0.15, 0.2) is 0 Å². The molecule has 1 saturated heterocycles. The van der Waals surface area contributed by atoms with E-state index in [9.17, 15) is 4.79 Å². The van der Waals surface area contributed by atoms with Crippen molar-refractivity contribution in [2.75, 3.05) is 31.1 Å². The van der Waals surface area contributed by atoms with Crippen molar-refractivity contribution in [3.63, 3.8) is 0 Å². The lowest BCUT2D eigenvalue weighted by molar-refractivity contribution is 0.100. The fourth-order valence-corrected chi connectivity index (χ4v) is 2.94. The highest BCUT2D eigenvalue weighted by Gasteiger charge is 2.19. The number of amides is 1. The zero-order chi connectivity index (χ0) is 14.5. The van der Waals surface area contributed by atoms with Crippen molar-refractivity contribution in [3.05, 3.63) is 28.8 Å². The van der Waals surface area contributed by atoms with Crippen molar-refractivity contribution >= 4 is 23.2 Å². The molecule has 0 spiro atoms. The Morgan fingerprint density at radius 2 is 2.35 bits per heavy atom. The fourth-order valence-electron chi connectivity index (χ4n) is 2.77. The van der Waals surface area contributed by atoms with Crippen LogP contribution >= 0.6 is 11.6 Å².